The van der Waals surface area contributed by atoms with Crippen molar-refractivity contribution in [2.24, 2.45) is 0 Å². The number of ether oxygens (including phenoxy) is 1. The van der Waals surface area contributed by atoms with Gasteiger partial charge in [0.05, 0.1) is 10.5 Å². The van der Waals surface area contributed by atoms with Crippen molar-refractivity contribution in [1.29, 1.82) is 0 Å². The third-order valence-electron chi connectivity index (χ3n) is 2.40. The Kier molecular flexibility index (Phi) is 5.44. The molecule has 0 saturated heterocycles. The average Bonchev–Trinajstić information content (AvgIpc) is 2.35. The van der Waals surface area contributed by atoms with E-state index >= 15 is 0 Å². The van der Waals surface area contributed by atoms with Crippen molar-refractivity contribution < 1.29 is 14.5 Å². The first-order valence-corrected chi connectivity index (χ1v) is 6.07. The lowest BCUT2D eigenvalue weighted by Gasteiger charge is -2.16. The van der Waals surface area contributed by atoms with E-state index in [1.165, 1.54) is 24.3 Å². The summed E-state index contributed by atoms with van der Waals surface area (Å²) in [7, 11) is 0. The van der Waals surface area contributed by atoms with E-state index in [4.69, 9.17) is 4.74 Å². The highest BCUT2D eigenvalue weighted by Gasteiger charge is 2.12. The zero-order valence-corrected chi connectivity index (χ0v) is 11.3. The van der Waals surface area contributed by atoms with Crippen molar-refractivity contribution >= 4 is 11.7 Å². The molecular formula is C13H18N2O4. The van der Waals surface area contributed by atoms with Gasteiger partial charge in [0.2, 0.25) is 0 Å². The summed E-state index contributed by atoms with van der Waals surface area (Å²) in [4.78, 5) is 21.7. The van der Waals surface area contributed by atoms with Gasteiger partial charge in [-0.1, -0.05) is 13.8 Å². The second-order valence-electron chi connectivity index (χ2n) is 4.62. The van der Waals surface area contributed by atoms with Crippen LogP contribution >= 0.6 is 0 Å². The van der Waals surface area contributed by atoms with Gasteiger partial charge in [0.15, 0.2) is 0 Å². The maximum atomic E-state index is 11.7. The highest BCUT2D eigenvalue weighted by atomic mass is 16.6. The molecule has 1 N–H and O–H groups in total. The number of carbonyl (C=O) groups excluding carboxylic acids is 1. The number of nitro benzene ring substituents is 1. The summed E-state index contributed by atoms with van der Waals surface area (Å²) in [6, 6.07) is 5.72. The number of nitrogens with one attached hydrogen (secondary N) is 1. The fourth-order valence-corrected chi connectivity index (χ4v) is 1.62. The average molecular weight is 266 g/mol. The van der Waals surface area contributed by atoms with E-state index < -0.39 is 10.9 Å². The highest BCUT2D eigenvalue weighted by molar-refractivity contribution is 5.89. The van der Waals surface area contributed by atoms with Crippen molar-refractivity contribution in [3.8, 4) is 0 Å². The Morgan fingerprint density at radius 1 is 1.32 bits per heavy atom. The smallest absolute Gasteiger partial charge is 0.338 e. The minimum absolute atomic E-state index is 0.0496. The Bertz CT molecular complexity index is 442. The van der Waals surface area contributed by atoms with Gasteiger partial charge in [0.25, 0.3) is 5.69 Å². The second kappa shape index (κ2) is 6.84. The molecule has 1 atom stereocenters. The van der Waals surface area contributed by atoms with Gasteiger partial charge in [-0.15, -0.1) is 0 Å². The summed E-state index contributed by atoms with van der Waals surface area (Å²) < 4.78 is 5.12. The van der Waals surface area contributed by atoms with Crippen molar-refractivity contribution in [3.63, 3.8) is 0 Å². The number of hydrogen-bond acceptors (Lipinski definition) is 5. The van der Waals surface area contributed by atoms with E-state index in [-0.39, 0.29) is 18.3 Å². The van der Waals surface area contributed by atoms with Crippen LogP contribution in [0.4, 0.5) is 5.69 Å². The van der Waals surface area contributed by atoms with Crippen LogP contribution in [0.2, 0.25) is 0 Å². The van der Waals surface area contributed by atoms with E-state index in [9.17, 15) is 14.9 Å². The molecule has 0 radical (unpaired) electrons. The van der Waals surface area contributed by atoms with Crippen LogP contribution in [-0.4, -0.2) is 29.6 Å². The van der Waals surface area contributed by atoms with Gasteiger partial charge in [-0.2, -0.15) is 0 Å². The first-order chi connectivity index (χ1) is 8.90. The normalized spacial score (nSPS) is 12.2. The van der Waals surface area contributed by atoms with Crippen molar-refractivity contribution in [2.75, 3.05) is 6.61 Å². The molecule has 0 heterocycles. The van der Waals surface area contributed by atoms with E-state index in [1.54, 1.807) is 0 Å². The Hall–Kier alpha value is -1.95. The molecule has 6 heteroatoms. The monoisotopic (exact) mass is 266 g/mol. The van der Waals surface area contributed by atoms with Crippen LogP contribution in [0.15, 0.2) is 24.3 Å². The summed E-state index contributed by atoms with van der Waals surface area (Å²) in [5, 5.41) is 13.7. The molecule has 1 rings (SSSR count). The predicted molar refractivity (Wildman–Crippen MR) is 71.1 cm³/mol. The van der Waals surface area contributed by atoms with Crippen molar-refractivity contribution in [1.82, 2.24) is 5.32 Å². The lowest BCUT2D eigenvalue weighted by molar-refractivity contribution is -0.384. The summed E-state index contributed by atoms with van der Waals surface area (Å²) >= 11 is 0. The van der Waals surface area contributed by atoms with Gasteiger partial charge in [-0.3, -0.25) is 10.1 Å². The Morgan fingerprint density at radius 3 is 2.37 bits per heavy atom. The molecular weight excluding hydrogens is 248 g/mol. The van der Waals surface area contributed by atoms with Gasteiger partial charge in [0, 0.05) is 24.2 Å². The summed E-state index contributed by atoms with van der Waals surface area (Å²) in [5.41, 5.74) is 0.258. The minimum atomic E-state index is -0.510. The van der Waals surface area contributed by atoms with Crippen LogP contribution < -0.4 is 5.32 Å². The maximum Gasteiger partial charge on any atom is 0.338 e. The number of non-ortho nitro benzene ring substituents is 1. The van der Waals surface area contributed by atoms with Crippen LogP contribution in [0.5, 0.6) is 0 Å². The molecule has 0 aliphatic carbocycles. The van der Waals surface area contributed by atoms with Crippen LogP contribution in [0.1, 0.15) is 31.1 Å². The fourth-order valence-electron chi connectivity index (χ4n) is 1.62. The third kappa shape index (κ3) is 5.05. The molecule has 1 aromatic rings. The van der Waals surface area contributed by atoms with Crippen LogP contribution in [0.25, 0.3) is 0 Å². The zero-order chi connectivity index (χ0) is 14.4. The van der Waals surface area contributed by atoms with Gasteiger partial charge in [-0.25, -0.2) is 4.79 Å². The molecule has 1 unspecified atom stereocenters. The quantitative estimate of drug-likeness (QED) is 0.484. The molecule has 0 amide bonds. The fraction of sp³-hybridized carbons (Fsp3) is 0.462. The maximum absolute atomic E-state index is 11.7. The molecule has 0 bridgehead atoms. The first kappa shape index (κ1) is 15.1. The highest BCUT2D eigenvalue weighted by Crippen LogP contribution is 2.12. The van der Waals surface area contributed by atoms with Crippen LogP contribution in [-0.2, 0) is 4.74 Å². The first-order valence-electron chi connectivity index (χ1n) is 6.07. The summed E-state index contributed by atoms with van der Waals surface area (Å²) in [6.45, 7) is 6.19. The van der Waals surface area contributed by atoms with E-state index in [0.717, 1.165) is 0 Å². The van der Waals surface area contributed by atoms with E-state index in [0.29, 0.717) is 11.6 Å². The summed E-state index contributed by atoms with van der Waals surface area (Å²) in [5.74, 6) is -0.479. The molecule has 6 nitrogen and oxygen atoms in total. The largest absolute Gasteiger partial charge is 0.460 e. The van der Waals surface area contributed by atoms with Crippen molar-refractivity contribution in [3.05, 3.63) is 39.9 Å². The molecule has 0 fully saturated rings. The molecule has 0 aromatic heterocycles. The molecule has 19 heavy (non-hydrogen) atoms. The topological polar surface area (TPSA) is 81.5 Å². The van der Waals surface area contributed by atoms with E-state index in [2.05, 4.69) is 5.32 Å². The van der Waals surface area contributed by atoms with Crippen LogP contribution in [0.3, 0.4) is 0 Å². The SMILES string of the molecule is CC(C)NC(C)COC(=O)c1ccc([N+](=O)[O-])cc1. The van der Waals surface area contributed by atoms with Crippen LogP contribution in [0, 0.1) is 10.1 Å². The number of hydrogen-bond donors (Lipinski definition) is 1. The number of rotatable bonds is 6. The number of nitro groups is 1. The Morgan fingerprint density at radius 2 is 1.89 bits per heavy atom. The number of carbonyl (C=O) groups is 1. The molecule has 0 spiro atoms. The molecule has 0 saturated carbocycles. The Balaban J connectivity index is 2.52. The molecule has 0 aliphatic heterocycles. The lowest BCUT2D eigenvalue weighted by Crippen LogP contribution is -2.36. The van der Waals surface area contributed by atoms with Crippen molar-refractivity contribution in [2.45, 2.75) is 32.9 Å². The van der Waals surface area contributed by atoms with Gasteiger partial charge < -0.3 is 10.1 Å². The van der Waals surface area contributed by atoms with Gasteiger partial charge in [-0.05, 0) is 19.1 Å². The second-order valence-corrected chi connectivity index (χ2v) is 4.62. The lowest BCUT2D eigenvalue weighted by atomic mass is 10.2. The molecule has 104 valence electrons. The zero-order valence-electron chi connectivity index (χ0n) is 11.3. The Labute approximate surface area is 111 Å². The number of esters is 1. The van der Waals surface area contributed by atoms with Gasteiger partial charge in [0.1, 0.15) is 6.61 Å². The van der Waals surface area contributed by atoms with Gasteiger partial charge >= 0.3 is 5.97 Å². The minimum Gasteiger partial charge on any atom is -0.460 e. The standard InChI is InChI=1S/C13H18N2O4/c1-9(2)14-10(3)8-19-13(16)11-4-6-12(7-5-11)15(17)18/h4-7,9-10,14H,8H2,1-3H3. The third-order valence-corrected chi connectivity index (χ3v) is 2.40. The van der Waals surface area contributed by atoms with E-state index in [1.807, 2.05) is 20.8 Å². The molecule has 0 aliphatic rings. The summed E-state index contributed by atoms with van der Waals surface area (Å²) in [6.07, 6.45) is 0. The number of benzene rings is 1. The molecule has 1 aromatic carbocycles. The number of nitrogens with zero attached hydrogens (tertiary/aromatic N) is 1. The predicted octanol–water partition coefficient (Wildman–Crippen LogP) is 2.14.